The van der Waals surface area contributed by atoms with Crippen LogP contribution in [0.1, 0.15) is 11.1 Å². The summed E-state index contributed by atoms with van der Waals surface area (Å²) in [6.45, 7) is 0. The molecule has 0 aliphatic heterocycles. The van der Waals surface area contributed by atoms with Gasteiger partial charge in [0.05, 0.1) is 11.4 Å². The molecule has 0 unspecified atom stereocenters. The van der Waals surface area contributed by atoms with Crippen molar-refractivity contribution in [2.45, 2.75) is 0 Å². The maximum atomic E-state index is 4.41. The molecular formula is C18H14N4. The molecule has 0 amide bonds. The van der Waals surface area contributed by atoms with Gasteiger partial charge in [-0.3, -0.25) is 20.0 Å². The number of hydrogen-bond donors (Lipinski definition) is 0. The average Bonchev–Trinajstić information content (AvgIpc) is 2.61. The summed E-state index contributed by atoms with van der Waals surface area (Å²) in [6.07, 6.45) is 10.6. The highest BCUT2D eigenvalue weighted by molar-refractivity contribution is 5.82. The Kier molecular flexibility index (Phi) is 4.42. The van der Waals surface area contributed by atoms with Crippen LogP contribution in [0.5, 0.6) is 0 Å². The highest BCUT2D eigenvalue weighted by Gasteiger charge is 1.92. The molecule has 3 rings (SSSR count). The van der Waals surface area contributed by atoms with Crippen LogP contribution in [0.3, 0.4) is 0 Å². The van der Waals surface area contributed by atoms with Crippen molar-refractivity contribution in [3.63, 3.8) is 0 Å². The van der Waals surface area contributed by atoms with Gasteiger partial charge in [-0.1, -0.05) is 12.1 Å². The number of aromatic nitrogens is 2. The van der Waals surface area contributed by atoms with Crippen LogP contribution in [-0.2, 0) is 0 Å². The monoisotopic (exact) mass is 286 g/mol. The van der Waals surface area contributed by atoms with Crippen LogP contribution in [-0.4, -0.2) is 22.4 Å². The molecule has 22 heavy (non-hydrogen) atoms. The van der Waals surface area contributed by atoms with Gasteiger partial charge in [-0.15, -0.1) is 0 Å². The molecule has 0 saturated heterocycles. The van der Waals surface area contributed by atoms with Crippen LogP contribution in [0.15, 0.2) is 83.3 Å². The lowest BCUT2D eigenvalue weighted by atomic mass is 10.2. The van der Waals surface area contributed by atoms with Crippen LogP contribution in [0.25, 0.3) is 0 Å². The van der Waals surface area contributed by atoms with Crippen molar-refractivity contribution in [3.05, 3.63) is 84.4 Å². The number of hydrogen-bond acceptors (Lipinski definition) is 4. The second kappa shape index (κ2) is 7.04. The number of pyridine rings is 2. The minimum atomic E-state index is 0.879. The second-order valence-corrected chi connectivity index (χ2v) is 4.61. The van der Waals surface area contributed by atoms with Crippen LogP contribution in [0.2, 0.25) is 0 Å². The van der Waals surface area contributed by atoms with Crippen molar-refractivity contribution in [2.24, 2.45) is 9.98 Å². The van der Waals surface area contributed by atoms with Gasteiger partial charge in [0.15, 0.2) is 0 Å². The standard InChI is InChI=1S/C18H14N4/c1-3-15(11-19-9-1)13-21-17-5-7-18(8-6-17)22-14-16-4-2-10-20-12-16/h1-14H. The average molecular weight is 286 g/mol. The zero-order valence-corrected chi connectivity index (χ0v) is 11.9. The predicted molar refractivity (Wildman–Crippen MR) is 89.4 cm³/mol. The molecule has 0 bridgehead atoms. The SMILES string of the molecule is C(=Nc1ccc(N=Cc2cccnc2)cc1)c1cccnc1. The van der Waals surface area contributed by atoms with Crippen LogP contribution in [0, 0.1) is 0 Å². The first kappa shape index (κ1) is 13.8. The van der Waals surface area contributed by atoms with Gasteiger partial charge in [-0.2, -0.15) is 0 Å². The first-order valence-corrected chi connectivity index (χ1v) is 6.88. The van der Waals surface area contributed by atoms with E-state index in [4.69, 9.17) is 0 Å². The maximum Gasteiger partial charge on any atom is 0.0631 e. The van der Waals surface area contributed by atoms with Gasteiger partial charge in [0.1, 0.15) is 0 Å². The Balaban J connectivity index is 1.68. The van der Waals surface area contributed by atoms with Crippen molar-refractivity contribution < 1.29 is 0 Å². The molecule has 1 aromatic carbocycles. The predicted octanol–water partition coefficient (Wildman–Crippen LogP) is 3.98. The van der Waals surface area contributed by atoms with Gasteiger partial charge in [0.25, 0.3) is 0 Å². The molecule has 0 aliphatic carbocycles. The Morgan fingerprint density at radius 3 is 1.45 bits per heavy atom. The molecule has 4 nitrogen and oxygen atoms in total. The Morgan fingerprint density at radius 1 is 0.636 bits per heavy atom. The third-order valence-corrected chi connectivity index (χ3v) is 2.94. The van der Waals surface area contributed by atoms with Crippen molar-refractivity contribution in [2.75, 3.05) is 0 Å². The summed E-state index contributed by atoms with van der Waals surface area (Å²) in [5, 5.41) is 0. The van der Waals surface area contributed by atoms with Gasteiger partial charge in [0.2, 0.25) is 0 Å². The van der Waals surface area contributed by atoms with Gasteiger partial charge in [0, 0.05) is 48.3 Å². The fourth-order valence-electron chi connectivity index (χ4n) is 1.83. The lowest BCUT2D eigenvalue weighted by Gasteiger charge is -1.96. The number of aliphatic imine (C=N–C) groups is 2. The highest BCUT2D eigenvalue weighted by Crippen LogP contribution is 2.18. The number of rotatable bonds is 4. The summed E-state index contributed by atoms with van der Waals surface area (Å²) in [5.41, 5.74) is 3.70. The molecule has 106 valence electrons. The molecule has 0 aliphatic rings. The third kappa shape index (κ3) is 3.93. The smallest absolute Gasteiger partial charge is 0.0631 e. The van der Waals surface area contributed by atoms with Crippen LogP contribution >= 0.6 is 0 Å². The summed E-state index contributed by atoms with van der Waals surface area (Å²) in [6, 6.07) is 15.4. The largest absolute Gasteiger partial charge is 0.264 e. The van der Waals surface area contributed by atoms with Crippen LogP contribution in [0.4, 0.5) is 11.4 Å². The summed E-state index contributed by atoms with van der Waals surface area (Å²) in [5.74, 6) is 0. The lowest BCUT2D eigenvalue weighted by molar-refractivity contribution is 1.32. The zero-order chi connectivity index (χ0) is 15.0. The van der Waals surface area contributed by atoms with E-state index in [1.54, 1.807) is 37.2 Å². The normalized spacial score (nSPS) is 11.3. The highest BCUT2D eigenvalue weighted by atomic mass is 14.7. The Labute approximate surface area is 129 Å². The minimum Gasteiger partial charge on any atom is -0.264 e. The van der Waals surface area contributed by atoms with Gasteiger partial charge < -0.3 is 0 Å². The second-order valence-electron chi connectivity index (χ2n) is 4.61. The van der Waals surface area contributed by atoms with Crippen molar-refractivity contribution in [1.82, 2.24) is 9.97 Å². The first-order chi connectivity index (χ1) is 10.9. The first-order valence-electron chi connectivity index (χ1n) is 6.88. The van der Waals surface area contributed by atoms with Gasteiger partial charge in [-0.25, -0.2) is 0 Å². The molecule has 2 heterocycles. The molecule has 0 fully saturated rings. The molecule has 0 saturated carbocycles. The Hall–Kier alpha value is -3.14. The Bertz CT molecular complexity index is 695. The topological polar surface area (TPSA) is 50.5 Å². The fraction of sp³-hybridized carbons (Fsp3) is 0. The van der Waals surface area contributed by atoms with E-state index in [-0.39, 0.29) is 0 Å². The Morgan fingerprint density at radius 2 is 1.09 bits per heavy atom. The maximum absolute atomic E-state index is 4.41. The quantitative estimate of drug-likeness (QED) is 0.681. The summed E-state index contributed by atoms with van der Waals surface area (Å²) >= 11 is 0. The summed E-state index contributed by atoms with van der Waals surface area (Å²) in [4.78, 5) is 16.9. The van der Waals surface area contributed by atoms with E-state index in [2.05, 4.69) is 20.0 Å². The van der Waals surface area contributed by atoms with E-state index in [0.717, 1.165) is 22.5 Å². The van der Waals surface area contributed by atoms with E-state index in [1.807, 2.05) is 48.5 Å². The molecule has 2 aromatic heterocycles. The molecule has 3 aromatic rings. The van der Waals surface area contributed by atoms with Crippen molar-refractivity contribution >= 4 is 23.8 Å². The molecule has 0 N–H and O–H groups in total. The van der Waals surface area contributed by atoms with E-state index in [1.165, 1.54) is 0 Å². The van der Waals surface area contributed by atoms with Crippen molar-refractivity contribution in [1.29, 1.82) is 0 Å². The van der Waals surface area contributed by atoms with E-state index < -0.39 is 0 Å². The third-order valence-electron chi connectivity index (χ3n) is 2.94. The molecule has 0 spiro atoms. The number of nitrogens with zero attached hydrogens (tertiary/aromatic N) is 4. The number of benzene rings is 1. The van der Waals surface area contributed by atoms with E-state index in [9.17, 15) is 0 Å². The van der Waals surface area contributed by atoms with Crippen LogP contribution < -0.4 is 0 Å². The minimum absolute atomic E-state index is 0.879. The molecular weight excluding hydrogens is 272 g/mol. The molecule has 0 atom stereocenters. The fourth-order valence-corrected chi connectivity index (χ4v) is 1.83. The molecule has 0 radical (unpaired) electrons. The summed E-state index contributed by atoms with van der Waals surface area (Å²) < 4.78 is 0. The van der Waals surface area contributed by atoms with Crippen molar-refractivity contribution in [3.8, 4) is 0 Å². The van der Waals surface area contributed by atoms with E-state index >= 15 is 0 Å². The lowest BCUT2D eigenvalue weighted by Crippen LogP contribution is -1.81. The molecule has 4 heteroatoms. The van der Waals surface area contributed by atoms with Gasteiger partial charge >= 0.3 is 0 Å². The van der Waals surface area contributed by atoms with Gasteiger partial charge in [-0.05, 0) is 36.4 Å². The zero-order valence-electron chi connectivity index (χ0n) is 11.9. The summed E-state index contributed by atoms with van der Waals surface area (Å²) in [7, 11) is 0. The van der Waals surface area contributed by atoms with E-state index in [0.29, 0.717) is 0 Å².